The van der Waals surface area contributed by atoms with E-state index in [1.54, 1.807) is 0 Å². The fraction of sp³-hybridized carbons (Fsp3) is 0.867. The van der Waals surface area contributed by atoms with E-state index in [9.17, 15) is 9.59 Å². The summed E-state index contributed by atoms with van der Waals surface area (Å²) in [4.78, 5) is 27.1. The summed E-state index contributed by atoms with van der Waals surface area (Å²) in [5.41, 5.74) is -0.573. The molecule has 19 heavy (non-hydrogen) atoms. The third-order valence-electron chi connectivity index (χ3n) is 4.29. The van der Waals surface area contributed by atoms with Gasteiger partial charge in [-0.1, -0.05) is 40.0 Å². The van der Waals surface area contributed by atoms with Crippen molar-refractivity contribution in [3.8, 4) is 0 Å². The molecule has 1 N–H and O–H groups in total. The first kappa shape index (κ1) is 14.4. The molecule has 1 atom stereocenters. The van der Waals surface area contributed by atoms with Gasteiger partial charge in [0, 0.05) is 6.54 Å². The van der Waals surface area contributed by atoms with E-state index in [1.165, 1.54) is 0 Å². The summed E-state index contributed by atoms with van der Waals surface area (Å²) in [6.45, 7) is 6.96. The monoisotopic (exact) mass is 266 g/mol. The van der Waals surface area contributed by atoms with Crippen LogP contribution in [0.25, 0.3) is 0 Å². The maximum atomic E-state index is 12.8. The molecule has 108 valence electrons. The van der Waals surface area contributed by atoms with Crippen LogP contribution in [0.3, 0.4) is 0 Å². The SMILES string of the molecule is CCCC1C(=O)NC2(CCCC2)C(=O)N1CC(C)C. The zero-order chi connectivity index (χ0) is 14.0. The van der Waals surface area contributed by atoms with Crippen molar-refractivity contribution >= 4 is 11.8 Å². The fourth-order valence-electron chi connectivity index (χ4n) is 3.41. The molecule has 1 saturated carbocycles. The minimum Gasteiger partial charge on any atom is -0.340 e. The molecule has 4 heteroatoms. The van der Waals surface area contributed by atoms with Crippen molar-refractivity contribution in [2.75, 3.05) is 6.54 Å². The summed E-state index contributed by atoms with van der Waals surface area (Å²) in [7, 11) is 0. The highest BCUT2D eigenvalue weighted by molar-refractivity contribution is 6.00. The van der Waals surface area contributed by atoms with Crippen molar-refractivity contribution in [2.24, 2.45) is 5.92 Å². The van der Waals surface area contributed by atoms with E-state index in [1.807, 2.05) is 4.90 Å². The highest BCUT2D eigenvalue weighted by Crippen LogP contribution is 2.35. The topological polar surface area (TPSA) is 49.4 Å². The lowest BCUT2D eigenvalue weighted by Crippen LogP contribution is -2.69. The van der Waals surface area contributed by atoms with Gasteiger partial charge in [0.2, 0.25) is 11.8 Å². The first-order chi connectivity index (χ1) is 9.00. The Balaban J connectivity index is 2.25. The minimum atomic E-state index is -0.573. The molecule has 0 aromatic heterocycles. The van der Waals surface area contributed by atoms with Crippen LogP contribution in [0, 0.1) is 5.92 Å². The zero-order valence-electron chi connectivity index (χ0n) is 12.4. The van der Waals surface area contributed by atoms with Gasteiger partial charge in [0.1, 0.15) is 11.6 Å². The van der Waals surface area contributed by atoms with Crippen molar-refractivity contribution < 1.29 is 9.59 Å². The molecule has 0 bridgehead atoms. The Morgan fingerprint density at radius 2 is 1.95 bits per heavy atom. The van der Waals surface area contributed by atoms with E-state index in [2.05, 4.69) is 26.1 Å². The van der Waals surface area contributed by atoms with E-state index < -0.39 is 5.54 Å². The zero-order valence-corrected chi connectivity index (χ0v) is 12.4. The lowest BCUT2D eigenvalue weighted by atomic mass is 9.89. The predicted octanol–water partition coefficient (Wildman–Crippen LogP) is 2.08. The second-order valence-corrected chi connectivity index (χ2v) is 6.43. The molecular weight excluding hydrogens is 240 g/mol. The minimum absolute atomic E-state index is 0.0593. The van der Waals surface area contributed by atoms with Crippen molar-refractivity contribution in [1.29, 1.82) is 0 Å². The Morgan fingerprint density at radius 1 is 1.32 bits per heavy atom. The van der Waals surface area contributed by atoms with Crippen LogP contribution in [-0.4, -0.2) is 34.8 Å². The lowest BCUT2D eigenvalue weighted by molar-refractivity contribution is -0.155. The van der Waals surface area contributed by atoms with Crippen LogP contribution in [0.1, 0.15) is 59.3 Å². The highest BCUT2D eigenvalue weighted by Gasteiger charge is 2.51. The molecule has 2 amide bonds. The van der Waals surface area contributed by atoms with Gasteiger partial charge in [-0.3, -0.25) is 9.59 Å². The summed E-state index contributed by atoms with van der Waals surface area (Å²) in [5.74, 6) is 0.619. The van der Waals surface area contributed by atoms with E-state index in [4.69, 9.17) is 0 Å². The molecule has 1 spiro atoms. The Kier molecular flexibility index (Phi) is 4.16. The van der Waals surface area contributed by atoms with Crippen LogP contribution in [0.15, 0.2) is 0 Å². The number of carbonyl (C=O) groups is 2. The third-order valence-corrected chi connectivity index (χ3v) is 4.29. The maximum Gasteiger partial charge on any atom is 0.249 e. The molecule has 0 aromatic carbocycles. The van der Waals surface area contributed by atoms with Crippen LogP contribution in [0.2, 0.25) is 0 Å². The molecular formula is C15H26N2O2. The number of piperazine rings is 1. The van der Waals surface area contributed by atoms with Gasteiger partial charge < -0.3 is 10.2 Å². The number of hydrogen-bond acceptors (Lipinski definition) is 2. The Morgan fingerprint density at radius 3 is 2.47 bits per heavy atom. The van der Waals surface area contributed by atoms with Gasteiger partial charge in [-0.2, -0.15) is 0 Å². The molecule has 0 aromatic rings. The second-order valence-electron chi connectivity index (χ2n) is 6.43. The van der Waals surface area contributed by atoms with E-state index >= 15 is 0 Å². The highest BCUT2D eigenvalue weighted by atomic mass is 16.2. The first-order valence-corrected chi connectivity index (χ1v) is 7.63. The molecule has 0 radical (unpaired) electrons. The van der Waals surface area contributed by atoms with Crippen molar-refractivity contribution in [3.63, 3.8) is 0 Å². The molecule has 4 nitrogen and oxygen atoms in total. The average molecular weight is 266 g/mol. The number of carbonyl (C=O) groups excluding carboxylic acids is 2. The number of nitrogens with one attached hydrogen (secondary N) is 1. The largest absolute Gasteiger partial charge is 0.340 e. The lowest BCUT2D eigenvalue weighted by Gasteiger charge is -2.45. The standard InChI is InChI=1S/C15H26N2O2/c1-4-7-12-13(18)16-15(8-5-6-9-15)14(19)17(12)10-11(2)3/h11-12H,4-10H2,1-3H3,(H,16,18). The molecule has 2 fully saturated rings. The summed E-state index contributed by atoms with van der Waals surface area (Å²) in [6.07, 6.45) is 5.39. The van der Waals surface area contributed by atoms with E-state index in [0.717, 1.165) is 38.5 Å². The van der Waals surface area contributed by atoms with Crippen LogP contribution >= 0.6 is 0 Å². The van der Waals surface area contributed by atoms with E-state index in [-0.39, 0.29) is 17.9 Å². The van der Waals surface area contributed by atoms with Gasteiger partial charge in [0.25, 0.3) is 0 Å². The molecule has 1 aliphatic heterocycles. The number of rotatable bonds is 4. The van der Waals surface area contributed by atoms with Gasteiger partial charge in [-0.15, -0.1) is 0 Å². The predicted molar refractivity (Wildman–Crippen MR) is 74.6 cm³/mol. The molecule has 1 aliphatic carbocycles. The Bertz CT molecular complexity index is 359. The number of nitrogens with zero attached hydrogens (tertiary/aromatic N) is 1. The average Bonchev–Trinajstić information content (AvgIpc) is 2.80. The second kappa shape index (κ2) is 5.51. The van der Waals surface area contributed by atoms with E-state index in [0.29, 0.717) is 12.5 Å². The van der Waals surface area contributed by atoms with Gasteiger partial charge >= 0.3 is 0 Å². The van der Waals surface area contributed by atoms with Crippen LogP contribution in [-0.2, 0) is 9.59 Å². The fourth-order valence-corrected chi connectivity index (χ4v) is 3.41. The molecule has 2 aliphatic rings. The van der Waals surface area contributed by atoms with Crippen LogP contribution < -0.4 is 5.32 Å². The Hall–Kier alpha value is -1.06. The van der Waals surface area contributed by atoms with Crippen molar-refractivity contribution in [3.05, 3.63) is 0 Å². The molecule has 1 unspecified atom stereocenters. The van der Waals surface area contributed by atoms with Crippen LogP contribution in [0.5, 0.6) is 0 Å². The number of hydrogen-bond donors (Lipinski definition) is 1. The van der Waals surface area contributed by atoms with Gasteiger partial charge in [-0.05, 0) is 25.2 Å². The maximum absolute atomic E-state index is 12.8. The van der Waals surface area contributed by atoms with Gasteiger partial charge in [0.15, 0.2) is 0 Å². The number of amides is 2. The van der Waals surface area contributed by atoms with Crippen LogP contribution in [0.4, 0.5) is 0 Å². The smallest absolute Gasteiger partial charge is 0.249 e. The molecule has 1 saturated heterocycles. The molecule has 1 heterocycles. The summed E-state index contributed by atoms with van der Waals surface area (Å²) >= 11 is 0. The quantitative estimate of drug-likeness (QED) is 0.847. The summed E-state index contributed by atoms with van der Waals surface area (Å²) in [6, 6.07) is -0.258. The first-order valence-electron chi connectivity index (χ1n) is 7.63. The Labute approximate surface area is 115 Å². The van der Waals surface area contributed by atoms with Crippen molar-refractivity contribution in [1.82, 2.24) is 10.2 Å². The molecule has 2 rings (SSSR count). The normalized spacial score (nSPS) is 26.3. The summed E-state index contributed by atoms with van der Waals surface area (Å²) < 4.78 is 0. The van der Waals surface area contributed by atoms with Gasteiger partial charge in [0.05, 0.1) is 0 Å². The summed E-state index contributed by atoms with van der Waals surface area (Å²) in [5, 5.41) is 3.05. The third kappa shape index (κ3) is 2.63. The van der Waals surface area contributed by atoms with Gasteiger partial charge in [-0.25, -0.2) is 0 Å². The van der Waals surface area contributed by atoms with Crippen molar-refractivity contribution in [2.45, 2.75) is 70.9 Å².